The molecule has 0 radical (unpaired) electrons. The van der Waals surface area contributed by atoms with Gasteiger partial charge in [0.15, 0.2) is 0 Å². The number of carbonyl (C=O) groups is 2. The van der Waals surface area contributed by atoms with Crippen LogP contribution in [0.1, 0.15) is 28.1 Å². The van der Waals surface area contributed by atoms with Crippen LogP contribution in [0.25, 0.3) is 0 Å². The van der Waals surface area contributed by atoms with Gasteiger partial charge in [-0.1, -0.05) is 17.7 Å². The van der Waals surface area contributed by atoms with Crippen LogP contribution in [0.3, 0.4) is 0 Å². The topological polar surface area (TPSA) is 49.4 Å². The zero-order valence-electron chi connectivity index (χ0n) is 14.1. The van der Waals surface area contributed by atoms with Crippen molar-refractivity contribution in [3.05, 3.63) is 51.2 Å². The number of alkyl halides is 3. The minimum Gasteiger partial charge on any atom is -0.337 e. The Hall–Kier alpha value is -2.06. The number of benzene rings is 1. The summed E-state index contributed by atoms with van der Waals surface area (Å²) < 4.78 is 38.9. The van der Waals surface area contributed by atoms with Gasteiger partial charge < -0.3 is 10.2 Å². The Morgan fingerprint density at radius 3 is 2.70 bits per heavy atom. The van der Waals surface area contributed by atoms with Crippen LogP contribution in [-0.2, 0) is 11.0 Å². The zero-order valence-corrected chi connectivity index (χ0v) is 15.6. The molecule has 2 aromatic rings. The monoisotopic (exact) mass is 416 g/mol. The summed E-state index contributed by atoms with van der Waals surface area (Å²) >= 11 is 6.92. The highest BCUT2D eigenvalue weighted by Gasteiger charge is 2.34. The fraction of sp³-hybridized carbons (Fsp3) is 0.333. The number of carbonyl (C=O) groups excluding carboxylic acids is 2. The third kappa shape index (κ3) is 4.62. The summed E-state index contributed by atoms with van der Waals surface area (Å²) in [6, 6.07) is 6.76. The normalized spacial score (nSPS) is 17.6. The molecule has 1 aliphatic rings. The van der Waals surface area contributed by atoms with Crippen LogP contribution in [0, 0.1) is 5.92 Å². The molecule has 1 aromatic carbocycles. The molecule has 0 spiro atoms. The molecule has 9 heteroatoms. The van der Waals surface area contributed by atoms with Gasteiger partial charge in [-0.15, -0.1) is 11.3 Å². The van der Waals surface area contributed by atoms with Crippen molar-refractivity contribution in [3.63, 3.8) is 0 Å². The van der Waals surface area contributed by atoms with E-state index in [4.69, 9.17) is 11.6 Å². The van der Waals surface area contributed by atoms with Crippen LogP contribution in [0.2, 0.25) is 5.02 Å². The first-order valence-corrected chi connectivity index (χ1v) is 9.52. The van der Waals surface area contributed by atoms with E-state index in [-0.39, 0.29) is 18.1 Å². The molecule has 0 saturated carbocycles. The molecule has 1 aliphatic heterocycles. The van der Waals surface area contributed by atoms with Crippen molar-refractivity contribution < 1.29 is 22.8 Å². The van der Waals surface area contributed by atoms with E-state index in [1.165, 1.54) is 17.4 Å². The van der Waals surface area contributed by atoms with Gasteiger partial charge in [0.05, 0.1) is 21.4 Å². The highest BCUT2D eigenvalue weighted by molar-refractivity contribution is 7.12. The SMILES string of the molecule is O=C(Nc1ccc(Cl)c(C(F)(F)F)c1)C1CCCN(C(=O)c2cccs2)C1. The summed E-state index contributed by atoms with van der Waals surface area (Å²) in [6.45, 7) is 0.794. The number of nitrogens with zero attached hydrogens (tertiary/aromatic N) is 1. The molecule has 2 amide bonds. The van der Waals surface area contributed by atoms with Crippen LogP contribution in [0.5, 0.6) is 0 Å². The molecule has 1 atom stereocenters. The predicted octanol–water partition coefficient (Wildman–Crippen LogP) is 4.91. The Kier molecular flexibility index (Phi) is 5.76. The van der Waals surface area contributed by atoms with E-state index in [9.17, 15) is 22.8 Å². The lowest BCUT2D eigenvalue weighted by molar-refractivity contribution is -0.137. The second-order valence-corrected chi connectivity index (χ2v) is 7.60. The maximum absolute atomic E-state index is 13.0. The van der Waals surface area contributed by atoms with Crippen molar-refractivity contribution in [1.82, 2.24) is 4.90 Å². The number of nitrogens with one attached hydrogen (secondary N) is 1. The summed E-state index contributed by atoms with van der Waals surface area (Å²) in [7, 11) is 0. The molecule has 1 fully saturated rings. The Morgan fingerprint density at radius 1 is 1.26 bits per heavy atom. The third-order valence-corrected chi connectivity index (χ3v) is 5.54. The first kappa shape index (κ1) is 19.7. The molecular weight excluding hydrogens is 401 g/mol. The standard InChI is InChI=1S/C18H16ClF3N2O2S/c19-14-6-5-12(9-13(14)18(20,21)22)23-16(25)11-3-1-7-24(10-11)17(26)15-4-2-8-27-15/h2,4-6,8-9,11H,1,3,7,10H2,(H,23,25). The average molecular weight is 417 g/mol. The molecule has 1 aromatic heterocycles. The van der Waals surface area contributed by atoms with Crippen LogP contribution in [-0.4, -0.2) is 29.8 Å². The molecule has 4 nitrogen and oxygen atoms in total. The summed E-state index contributed by atoms with van der Waals surface area (Å²) in [6.07, 6.45) is -3.38. The minimum absolute atomic E-state index is 0.0263. The molecule has 1 unspecified atom stereocenters. The number of thiophene rings is 1. The molecule has 144 valence electrons. The van der Waals surface area contributed by atoms with Crippen LogP contribution in [0.15, 0.2) is 35.7 Å². The molecule has 3 rings (SSSR count). The van der Waals surface area contributed by atoms with E-state index in [2.05, 4.69) is 5.32 Å². The Labute approximate surface area is 162 Å². The number of anilines is 1. The van der Waals surface area contributed by atoms with E-state index in [1.54, 1.807) is 22.4 Å². The Morgan fingerprint density at radius 2 is 2.04 bits per heavy atom. The number of hydrogen-bond acceptors (Lipinski definition) is 3. The van der Waals surface area contributed by atoms with E-state index in [1.807, 2.05) is 0 Å². The van der Waals surface area contributed by atoms with Gasteiger partial charge in [-0.3, -0.25) is 9.59 Å². The van der Waals surface area contributed by atoms with E-state index >= 15 is 0 Å². The third-order valence-electron chi connectivity index (χ3n) is 4.35. The molecule has 2 heterocycles. The van der Waals surface area contributed by atoms with Crippen LogP contribution < -0.4 is 5.32 Å². The fourth-order valence-corrected chi connectivity index (χ4v) is 3.91. The van der Waals surface area contributed by atoms with Gasteiger partial charge in [0.1, 0.15) is 0 Å². The molecule has 0 bridgehead atoms. The van der Waals surface area contributed by atoms with Gasteiger partial charge in [-0.2, -0.15) is 13.2 Å². The van der Waals surface area contributed by atoms with Gasteiger partial charge >= 0.3 is 6.18 Å². The van der Waals surface area contributed by atoms with E-state index < -0.39 is 28.6 Å². The van der Waals surface area contributed by atoms with Gasteiger partial charge in [0, 0.05) is 18.8 Å². The van der Waals surface area contributed by atoms with Gasteiger partial charge in [-0.05, 0) is 42.5 Å². The predicted molar refractivity (Wildman–Crippen MR) is 98.0 cm³/mol. The molecular formula is C18H16ClF3N2O2S. The highest BCUT2D eigenvalue weighted by Crippen LogP contribution is 2.36. The van der Waals surface area contributed by atoms with Crippen molar-refractivity contribution >= 4 is 40.4 Å². The molecule has 1 N–H and O–H groups in total. The molecule has 27 heavy (non-hydrogen) atoms. The maximum Gasteiger partial charge on any atom is 0.417 e. The van der Waals surface area contributed by atoms with Crippen molar-refractivity contribution in [2.75, 3.05) is 18.4 Å². The lowest BCUT2D eigenvalue weighted by Crippen LogP contribution is -2.43. The van der Waals surface area contributed by atoms with Gasteiger partial charge in [0.25, 0.3) is 5.91 Å². The fourth-order valence-electron chi connectivity index (χ4n) is 3.00. The second-order valence-electron chi connectivity index (χ2n) is 6.25. The second kappa shape index (κ2) is 7.90. The number of halogens is 4. The average Bonchev–Trinajstić information content (AvgIpc) is 3.16. The van der Waals surface area contributed by atoms with Crippen LogP contribution >= 0.6 is 22.9 Å². The Balaban J connectivity index is 1.68. The summed E-state index contributed by atoms with van der Waals surface area (Å²) in [5, 5.41) is 3.89. The van der Waals surface area contributed by atoms with Crippen molar-refractivity contribution in [2.45, 2.75) is 19.0 Å². The smallest absolute Gasteiger partial charge is 0.337 e. The number of rotatable bonds is 3. The summed E-state index contributed by atoms with van der Waals surface area (Å²) in [5.74, 6) is -1.02. The van der Waals surface area contributed by atoms with E-state index in [0.29, 0.717) is 24.3 Å². The molecule has 0 aliphatic carbocycles. The zero-order chi connectivity index (χ0) is 19.6. The van der Waals surface area contributed by atoms with Crippen molar-refractivity contribution in [1.29, 1.82) is 0 Å². The van der Waals surface area contributed by atoms with Gasteiger partial charge in [0.2, 0.25) is 5.91 Å². The largest absolute Gasteiger partial charge is 0.417 e. The lowest BCUT2D eigenvalue weighted by Gasteiger charge is -2.31. The van der Waals surface area contributed by atoms with Crippen molar-refractivity contribution in [2.24, 2.45) is 5.92 Å². The highest BCUT2D eigenvalue weighted by atomic mass is 35.5. The first-order valence-electron chi connectivity index (χ1n) is 8.26. The van der Waals surface area contributed by atoms with E-state index in [0.717, 1.165) is 12.1 Å². The van der Waals surface area contributed by atoms with Gasteiger partial charge in [-0.25, -0.2) is 0 Å². The quantitative estimate of drug-likeness (QED) is 0.772. The van der Waals surface area contributed by atoms with Crippen molar-refractivity contribution in [3.8, 4) is 0 Å². The summed E-state index contributed by atoms with van der Waals surface area (Å²) in [5.41, 5.74) is -0.974. The number of likely N-dealkylation sites (tertiary alicyclic amines) is 1. The number of piperidine rings is 1. The Bertz CT molecular complexity index is 840. The van der Waals surface area contributed by atoms with Crippen LogP contribution in [0.4, 0.5) is 18.9 Å². The molecule has 1 saturated heterocycles. The number of amides is 2. The summed E-state index contributed by atoms with van der Waals surface area (Å²) in [4.78, 5) is 27.2. The minimum atomic E-state index is -4.60. The lowest BCUT2D eigenvalue weighted by atomic mass is 9.96. The first-order chi connectivity index (χ1) is 12.8. The number of hydrogen-bond donors (Lipinski definition) is 1. The maximum atomic E-state index is 13.0.